The van der Waals surface area contributed by atoms with Gasteiger partial charge >= 0.3 is 5.97 Å². The van der Waals surface area contributed by atoms with Crippen LogP contribution in [0.4, 0.5) is 10.3 Å². The van der Waals surface area contributed by atoms with Crippen molar-refractivity contribution in [2.75, 3.05) is 19.5 Å². The van der Waals surface area contributed by atoms with Gasteiger partial charge in [-0.15, -0.1) is 5.10 Å². The molecular formula is C28H31FN4O4S. The summed E-state index contributed by atoms with van der Waals surface area (Å²) < 4.78 is 33.0. The standard InChI is InChI=1S/C28H31FN4O4S/c1-17-24(26(34)37-19-10-5-4-6-11-19)25(21-14-13-20(35-2)15-23(21)36-3)33-27(30-17)31-28(32-33)38-16-18-9-7-8-12-22(18)29/h7-9,12-15,19,25H,4-6,10-11,16H2,1-3H3,(H,30,31,32). The summed E-state index contributed by atoms with van der Waals surface area (Å²) in [5, 5.41) is 8.43. The van der Waals surface area contributed by atoms with Crippen LogP contribution < -0.4 is 14.8 Å². The Morgan fingerprint density at radius 3 is 2.66 bits per heavy atom. The predicted octanol–water partition coefficient (Wildman–Crippen LogP) is 5.89. The molecule has 1 aliphatic heterocycles. The summed E-state index contributed by atoms with van der Waals surface area (Å²) >= 11 is 1.32. The van der Waals surface area contributed by atoms with Crippen molar-refractivity contribution >= 4 is 23.7 Å². The molecule has 2 aromatic carbocycles. The summed E-state index contributed by atoms with van der Waals surface area (Å²) in [5.74, 6) is 1.38. The Bertz CT molecular complexity index is 1350. The van der Waals surface area contributed by atoms with Gasteiger partial charge in [0.2, 0.25) is 11.1 Å². The molecule has 2 aliphatic rings. The number of carbonyl (C=O) groups is 1. The second-order valence-corrected chi connectivity index (χ2v) is 10.3. The van der Waals surface area contributed by atoms with Gasteiger partial charge in [-0.2, -0.15) is 4.98 Å². The molecule has 0 spiro atoms. The lowest BCUT2D eigenvalue weighted by Gasteiger charge is -2.30. The molecule has 0 amide bonds. The lowest BCUT2D eigenvalue weighted by atomic mass is 9.94. The van der Waals surface area contributed by atoms with Gasteiger partial charge in [0.1, 0.15) is 29.5 Å². The molecule has 38 heavy (non-hydrogen) atoms. The first kappa shape index (κ1) is 26.1. The fourth-order valence-electron chi connectivity index (χ4n) is 4.94. The van der Waals surface area contributed by atoms with E-state index < -0.39 is 6.04 Å². The molecule has 1 unspecified atom stereocenters. The average molecular weight is 539 g/mol. The third kappa shape index (κ3) is 5.36. The second kappa shape index (κ2) is 11.5. The molecule has 200 valence electrons. The van der Waals surface area contributed by atoms with Gasteiger partial charge in [-0.1, -0.05) is 36.4 Å². The van der Waals surface area contributed by atoms with E-state index in [1.165, 1.54) is 24.2 Å². The van der Waals surface area contributed by atoms with Gasteiger partial charge in [0.05, 0.1) is 19.8 Å². The highest BCUT2D eigenvalue weighted by atomic mass is 32.2. The van der Waals surface area contributed by atoms with Crippen molar-refractivity contribution < 1.29 is 23.4 Å². The van der Waals surface area contributed by atoms with Crippen LogP contribution in [0.3, 0.4) is 0 Å². The van der Waals surface area contributed by atoms with Crippen molar-refractivity contribution in [2.24, 2.45) is 0 Å². The van der Waals surface area contributed by atoms with Gasteiger partial charge < -0.3 is 19.5 Å². The summed E-state index contributed by atoms with van der Waals surface area (Å²) in [6.45, 7) is 1.84. The van der Waals surface area contributed by atoms with E-state index in [2.05, 4.69) is 10.3 Å². The minimum atomic E-state index is -0.640. The maximum Gasteiger partial charge on any atom is 0.338 e. The number of fused-ring (bicyclic) bond motifs is 1. The highest BCUT2D eigenvalue weighted by Crippen LogP contribution is 2.42. The van der Waals surface area contributed by atoms with Gasteiger partial charge in [-0.3, -0.25) is 0 Å². The topological polar surface area (TPSA) is 87.5 Å². The van der Waals surface area contributed by atoms with E-state index in [0.29, 0.717) is 45.2 Å². The molecule has 1 aromatic heterocycles. The highest BCUT2D eigenvalue weighted by Gasteiger charge is 2.38. The number of benzene rings is 2. The molecule has 3 aromatic rings. The van der Waals surface area contributed by atoms with Crippen LogP contribution in [0.25, 0.3) is 0 Å². The first-order chi connectivity index (χ1) is 18.5. The summed E-state index contributed by atoms with van der Waals surface area (Å²) in [6.07, 6.45) is 4.91. The summed E-state index contributed by atoms with van der Waals surface area (Å²) in [6, 6.07) is 11.5. The number of nitrogens with one attached hydrogen (secondary N) is 1. The van der Waals surface area contributed by atoms with E-state index in [4.69, 9.17) is 19.3 Å². The number of hydrogen-bond donors (Lipinski definition) is 1. The normalized spacial score (nSPS) is 17.5. The number of thioether (sulfide) groups is 1. The van der Waals surface area contributed by atoms with Gasteiger partial charge in [-0.25, -0.2) is 13.9 Å². The van der Waals surface area contributed by atoms with Crippen LogP contribution in [0.15, 0.2) is 58.9 Å². The minimum Gasteiger partial charge on any atom is -0.497 e. The zero-order valence-electron chi connectivity index (χ0n) is 21.7. The molecule has 0 saturated heterocycles. The van der Waals surface area contributed by atoms with Gasteiger partial charge in [-0.05, 0) is 56.4 Å². The predicted molar refractivity (Wildman–Crippen MR) is 143 cm³/mol. The average Bonchev–Trinajstić information content (AvgIpc) is 3.34. The molecule has 10 heteroatoms. The quantitative estimate of drug-likeness (QED) is 0.281. The van der Waals surface area contributed by atoms with Crippen LogP contribution in [-0.4, -0.2) is 41.1 Å². The molecule has 1 aliphatic carbocycles. The van der Waals surface area contributed by atoms with E-state index >= 15 is 0 Å². The van der Waals surface area contributed by atoms with E-state index in [-0.39, 0.29) is 17.9 Å². The van der Waals surface area contributed by atoms with Crippen LogP contribution in [0.2, 0.25) is 0 Å². The molecule has 1 saturated carbocycles. The Hall–Kier alpha value is -3.53. The van der Waals surface area contributed by atoms with E-state index in [1.54, 1.807) is 43.2 Å². The summed E-state index contributed by atoms with van der Waals surface area (Å²) in [5.41, 5.74) is 2.38. The number of ether oxygens (including phenoxy) is 3. The fourth-order valence-corrected chi connectivity index (χ4v) is 5.76. The Morgan fingerprint density at radius 2 is 1.92 bits per heavy atom. The van der Waals surface area contributed by atoms with E-state index in [1.807, 2.05) is 19.1 Å². The van der Waals surface area contributed by atoms with Crippen LogP contribution in [-0.2, 0) is 15.3 Å². The van der Waals surface area contributed by atoms with E-state index in [0.717, 1.165) is 31.2 Å². The van der Waals surface area contributed by atoms with Gasteiger partial charge in [0.15, 0.2) is 0 Å². The largest absolute Gasteiger partial charge is 0.497 e. The molecule has 2 heterocycles. The highest BCUT2D eigenvalue weighted by molar-refractivity contribution is 7.98. The fraction of sp³-hybridized carbons (Fsp3) is 0.393. The van der Waals surface area contributed by atoms with Gasteiger partial charge in [0, 0.05) is 23.1 Å². The summed E-state index contributed by atoms with van der Waals surface area (Å²) in [7, 11) is 3.17. The van der Waals surface area contributed by atoms with Crippen LogP contribution >= 0.6 is 11.8 Å². The first-order valence-electron chi connectivity index (χ1n) is 12.7. The third-order valence-corrected chi connectivity index (χ3v) is 7.82. The lowest BCUT2D eigenvalue weighted by molar-refractivity contribution is -0.146. The van der Waals surface area contributed by atoms with Crippen LogP contribution in [0.1, 0.15) is 56.2 Å². The number of nitrogens with zero attached hydrogens (tertiary/aromatic N) is 3. The van der Waals surface area contributed by atoms with Crippen molar-refractivity contribution in [2.45, 2.75) is 62.1 Å². The molecule has 0 radical (unpaired) electrons. The van der Waals surface area contributed by atoms with Crippen molar-refractivity contribution in [3.63, 3.8) is 0 Å². The maximum absolute atomic E-state index is 14.2. The Balaban J connectivity index is 1.52. The van der Waals surface area contributed by atoms with Crippen molar-refractivity contribution in [3.05, 3.63) is 70.7 Å². The Kier molecular flexibility index (Phi) is 7.87. The van der Waals surface area contributed by atoms with Crippen molar-refractivity contribution in [1.29, 1.82) is 0 Å². The monoisotopic (exact) mass is 538 g/mol. The molecular weight excluding hydrogens is 507 g/mol. The lowest BCUT2D eigenvalue weighted by Crippen LogP contribution is -2.32. The minimum absolute atomic E-state index is 0.0982. The SMILES string of the molecule is COc1ccc(C2C(C(=O)OC3CCCCC3)=C(C)Nc3nc(SCc4ccccc4F)nn32)c(OC)c1. The molecule has 1 N–H and O–H groups in total. The number of methoxy groups -OCH3 is 2. The second-order valence-electron chi connectivity index (χ2n) is 9.38. The zero-order valence-corrected chi connectivity index (χ0v) is 22.5. The molecule has 1 fully saturated rings. The molecule has 1 atom stereocenters. The number of aromatic nitrogens is 3. The summed E-state index contributed by atoms with van der Waals surface area (Å²) in [4.78, 5) is 18.3. The van der Waals surface area contributed by atoms with Crippen molar-refractivity contribution in [1.82, 2.24) is 14.8 Å². The number of rotatable bonds is 8. The number of carbonyl (C=O) groups excluding carboxylic acids is 1. The zero-order chi connectivity index (χ0) is 26.6. The number of anilines is 1. The molecule has 8 nitrogen and oxygen atoms in total. The first-order valence-corrected chi connectivity index (χ1v) is 13.7. The Morgan fingerprint density at radius 1 is 1.13 bits per heavy atom. The molecule has 5 rings (SSSR count). The van der Waals surface area contributed by atoms with Crippen LogP contribution in [0.5, 0.6) is 11.5 Å². The Labute approximate surface area is 225 Å². The van der Waals surface area contributed by atoms with Gasteiger partial charge in [0.25, 0.3) is 0 Å². The number of esters is 1. The van der Waals surface area contributed by atoms with Crippen LogP contribution in [0, 0.1) is 5.82 Å². The third-order valence-electron chi connectivity index (χ3n) is 6.93. The van der Waals surface area contributed by atoms with Crippen molar-refractivity contribution in [3.8, 4) is 11.5 Å². The molecule has 0 bridgehead atoms. The smallest absolute Gasteiger partial charge is 0.338 e. The number of allylic oxidation sites excluding steroid dienone is 1. The van der Waals surface area contributed by atoms with E-state index in [9.17, 15) is 9.18 Å². The number of halogens is 1. The maximum atomic E-state index is 14.2. The number of hydrogen-bond acceptors (Lipinski definition) is 8.